The molecule has 0 unspecified atom stereocenters. The molecular weight excluding hydrogens is 342 g/mol. The molecule has 142 valence electrons. The number of aryl methyl sites for hydroxylation is 1. The van der Waals surface area contributed by atoms with Gasteiger partial charge in [-0.3, -0.25) is 14.5 Å². The van der Waals surface area contributed by atoms with Crippen molar-refractivity contribution < 1.29 is 14.3 Å². The molecule has 0 bridgehead atoms. The molecule has 1 aliphatic heterocycles. The zero-order valence-electron chi connectivity index (χ0n) is 15.5. The number of anilines is 1. The fourth-order valence-corrected chi connectivity index (χ4v) is 2.93. The fraction of sp³-hybridized carbons (Fsp3) is 0.333. The second kappa shape index (κ2) is 9.30. The van der Waals surface area contributed by atoms with E-state index in [2.05, 4.69) is 10.6 Å². The van der Waals surface area contributed by atoms with E-state index in [0.29, 0.717) is 37.6 Å². The molecule has 0 aromatic heterocycles. The van der Waals surface area contributed by atoms with Crippen molar-refractivity contribution in [3.05, 3.63) is 65.2 Å². The van der Waals surface area contributed by atoms with Crippen molar-refractivity contribution in [3.63, 3.8) is 0 Å². The lowest BCUT2D eigenvalue weighted by Crippen LogP contribution is -2.41. The van der Waals surface area contributed by atoms with Gasteiger partial charge in [0.15, 0.2) is 0 Å². The fourth-order valence-electron chi connectivity index (χ4n) is 2.93. The molecule has 2 N–H and O–H groups in total. The summed E-state index contributed by atoms with van der Waals surface area (Å²) in [6.45, 7) is 5.53. The molecule has 2 aromatic carbocycles. The molecule has 2 amide bonds. The molecule has 3 rings (SSSR count). The van der Waals surface area contributed by atoms with E-state index in [1.54, 1.807) is 24.3 Å². The first-order chi connectivity index (χ1) is 13.1. The molecule has 6 nitrogen and oxygen atoms in total. The minimum absolute atomic E-state index is 0.129. The van der Waals surface area contributed by atoms with E-state index in [9.17, 15) is 9.59 Å². The summed E-state index contributed by atoms with van der Waals surface area (Å²) < 4.78 is 5.29. The van der Waals surface area contributed by atoms with Crippen molar-refractivity contribution in [3.8, 4) is 0 Å². The molecule has 0 aliphatic carbocycles. The van der Waals surface area contributed by atoms with Gasteiger partial charge in [-0.15, -0.1) is 0 Å². The summed E-state index contributed by atoms with van der Waals surface area (Å²) in [5.41, 5.74) is 3.19. The zero-order chi connectivity index (χ0) is 19.1. The van der Waals surface area contributed by atoms with Gasteiger partial charge in [-0.25, -0.2) is 0 Å². The van der Waals surface area contributed by atoms with E-state index >= 15 is 0 Å². The molecule has 1 heterocycles. The van der Waals surface area contributed by atoms with Crippen LogP contribution in [0.5, 0.6) is 0 Å². The quantitative estimate of drug-likeness (QED) is 0.821. The summed E-state index contributed by atoms with van der Waals surface area (Å²) in [5.74, 6) is -0.339. The van der Waals surface area contributed by atoms with E-state index in [0.717, 1.165) is 18.7 Å². The molecule has 0 saturated carbocycles. The van der Waals surface area contributed by atoms with Crippen LogP contribution in [-0.4, -0.2) is 49.6 Å². The Balaban J connectivity index is 1.59. The van der Waals surface area contributed by atoms with Crippen LogP contribution in [0.15, 0.2) is 48.5 Å². The molecular formula is C21H25N3O3. The molecule has 6 heteroatoms. The lowest BCUT2D eigenvalue weighted by atomic mass is 10.1. The summed E-state index contributed by atoms with van der Waals surface area (Å²) >= 11 is 0. The Kier molecular flexibility index (Phi) is 6.57. The van der Waals surface area contributed by atoms with E-state index in [4.69, 9.17) is 4.74 Å². The molecule has 2 aromatic rings. The van der Waals surface area contributed by atoms with Crippen molar-refractivity contribution in [2.45, 2.75) is 13.5 Å². The first-order valence-corrected chi connectivity index (χ1v) is 9.14. The van der Waals surface area contributed by atoms with E-state index in [-0.39, 0.29) is 11.8 Å². The highest BCUT2D eigenvalue weighted by atomic mass is 16.5. The predicted molar refractivity (Wildman–Crippen MR) is 105 cm³/mol. The summed E-state index contributed by atoms with van der Waals surface area (Å²) in [6.07, 6.45) is 0. The van der Waals surface area contributed by atoms with Gasteiger partial charge in [0.1, 0.15) is 0 Å². The summed E-state index contributed by atoms with van der Waals surface area (Å²) in [6, 6.07) is 15.1. The molecule has 0 radical (unpaired) electrons. The summed E-state index contributed by atoms with van der Waals surface area (Å²) in [4.78, 5) is 27.0. The number of nitrogens with zero attached hydrogens (tertiary/aromatic N) is 1. The monoisotopic (exact) mass is 367 g/mol. The Morgan fingerprint density at radius 1 is 1.04 bits per heavy atom. The van der Waals surface area contributed by atoms with Crippen LogP contribution >= 0.6 is 0 Å². The molecule has 0 spiro atoms. The number of carbonyl (C=O) groups is 2. The van der Waals surface area contributed by atoms with Gasteiger partial charge in [0.25, 0.3) is 5.91 Å². The maximum atomic E-state index is 12.6. The molecule has 1 fully saturated rings. The Hall–Kier alpha value is -2.70. The van der Waals surface area contributed by atoms with Gasteiger partial charge in [-0.05, 0) is 24.6 Å². The number of hydrogen-bond donors (Lipinski definition) is 2. The summed E-state index contributed by atoms with van der Waals surface area (Å²) in [5, 5.41) is 5.77. The highest BCUT2D eigenvalue weighted by molar-refractivity contribution is 6.04. The van der Waals surface area contributed by atoms with Crippen molar-refractivity contribution in [1.29, 1.82) is 0 Å². The van der Waals surface area contributed by atoms with Crippen LogP contribution in [0, 0.1) is 6.92 Å². The van der Waals surface area contributed by atoms with E-state index < -0.39 is 0 Å². The highest BCUT2D eigenvalue weighted by Crippen LogP contribution is 2.15. The van der Waals surface area contributed by atoms with Crippen LogP contribution < -0.4 is 10.6 Å². The minimum atomic E-state index is -0.210. The average molecular weight is 367 g/mol. The van der Waals surface area contributed by atoms with E-state index in [1.807, 2.05) is 36.1 Å². The minimum Gasteiger partial charge on any atom is -0.379 e. The van der Waals surface area contributed by atoms with E-state index in [1.165, 1.54) is 5.56 Å². The Bertz CT molecular complexity index is 784. The third kappa shape index (κ3) is 5.64. The standard InChI is InChI=1S/C21H25N3O3/c1-16-6-8-17(9-7-16)14-22-21(26)18-4-2-3-5-19(18)23-20(25)15-24-10-12-27-13-11-24/h2-9H,10-15H2,1H3,(H,22,26)(H,23,25). The second-order valence-electron chi connectivity index (χ2n) is 6.65. The van der Waals surface area contributed by atoms with Gasteiger partial charge < -0.3 is 15.4 Å². The number of benzene rings is 2. The topological polar surface area (TPSA) is 70.7 Å². The lowest BCUT2D eigenvalue weighted by molar-refractivity contribution is -0.118. The molecule has 1 aliphatic rings. The van der Waals surface area contributed by atoms with Crippen molar-refractivity contribution in [2.75, 3.05) is 38.2 Å². The Morgan fingerprint density at radius 3 is 2.48 bits per heavy atom. The number of amides is 2. The highest BCUT2D eigenvalue weighted by Gasteiger charge is 2.17. The van der Waals surface area contributed by atoms with Crippen LogP contribution in [0.1, 0.15) is 21.5 Å². The average Bonchev–Trinajstić information content (AvgIpc) is 2.68. The zero-order valence-corrected chi connectivity index (χ0v) is 15.5. The SMILES string of the molecule is Cc1ccc(CNC(=O)c2ccccc2NC(=O)CN2CCOCC2)cc1. The van der Waals surface area contributed by atoms with Gasteiger partial charge in [0.05, 0.1) is 31.0 Å². The Morgan fingerprint density at radius 2 is 1.74 bits per heavy atom. The second-order valence-corrected chi connectivity index (χ2v) is 6.65. The van der Waals surface area contributed by atoms with Crippen LogP contribution in [0.3, 0.4) is 0 Å². The van der Waals surface area contributed by atoms with Gasteiger partial charge in [-0.1, -0.05) is 42.0 Å². The lowest BCUT2D eigenvalue weighted by Gasteiger charge is -2.25. The van der Waals surface area contributed by atoms with Crippen LogP contribution in [0.25, 0.3) is 0 Å². The number of carbonyl (C=O) groups excluding carboxylic acids is 2. The van der Waals surface area contributed by atoms with Crippen molar-refractivity contribution in [1.82, 2.24) is 10.2 Å². The number of morpholine rings is 1. The largest absolute Gasteiger partial charge is 0.379 e. The van der Waals surface area contributed by atoms with Crippen molar-refractivity contribution >= 4 is 17.5 Å². The third-order valence-electron chi connectivity index (χ3n) is 4.49. The van der Waals surface area contributed by atoms with Crippen LogP contribution in [0.2, 0.25) is 0 Å². The number of nitrogens with one attached hydrogen (secondary N) is 2. The van der Waals surface area contributed by atoms with Crippen molar-refractivity contribution in [2.24, 2.45) is 0 Å². The maximum absolute atomic E-state index is 12.6. The van der Waals surface area contributed by atoms with Gasteiger partial charge in [0.2, 0.25) is 5.91 Å². The predicted octanol–water partition coefficient (Wildman–Crippen LogP) is 2.20. The van der Waals surface area contributed by atoms with Crippen LogP contribution in [0.4, 0.5) is 5.69 Å². The first-order valence-electron chi connectivity index (χ1n) is 9.14. The maximum Gasteiger partial charge on any atom is 0.253 e. The first kappa shape index (κ1) is 19.1. The van der Waals surface area contributed by atoms with Crippen LogP contribution in [-0.2, 0) is 16.1 Å². The number of para-hydroxylation sites is 1. The third-order valence-corrected chi connectivity index (χ3v) is 4.49. The van der Waals surface area contributed by atoms with Gasteiger partial charge >= 0.3 is 0 Å². The van der Waals surface area contributed by atoms with Gasteiger partial charge in [0, 0.05) is 19.6 Å². The number of hydrogen-bond acceptors (Lipinski definition) is 4. The molecule has 1 saturated heterocycles. The molecule has 0 atom stereocenters. The number of ether oxygens (including phenoxy) is 1. The Labute approximate surface area is 159 Å². The normalized spacial score (nSPS) is 14.6. The molecule has 27 heavy (non-hydrogen) atoms. The number of rotatable bonds is 6. The smallest absolute Gasteiger partial charge is 0.253 e. The summed E-state index contributed by atoms with van der Waals surface area (Å²) in [7, 11) is 0. The van der Waals surface area contributed by atoms with Gasteiger partial charge in [-0.2, -0.15) is 0 Å².